The highest BCUT2D eigenvalue weighted by molar-refractivity contribution is 5.28. The Kier molecular flexibility index (Phi) is 5.50. The molecule has 2 heterocycles. The van der Waals surface area contributed by atoms with E-state index < -0.39 is 11.7 Å². The van der Waals surface area contributed by atoms with E-state index in [-0.39, 0.29) is 0 Å². The summed E-state index contributed by atoms with van der Waals surface area (Å²) in [5, 5.41) is 0. The number of piperidine rings is 2. The number of halogens is 3. The second kappa shape index (κ2) is 7.44. The number of likely N-dealkylation sites (tertiary alicyclic amines) is 2. The maximum atomic E-state index is 13.1. The van der Waals surface area contributed by atoms with E-state index in [1.54, 1.807) is 17.0 Å². The van der Waals surface area contributed by atoms with E-state index >= 15 is 0 Å². The molecule has 2 nitrogen and oxygen atoms in total. The van der Waals surface area contributed by atoms with Crippen molar-refractivity contribution in [3.05, 3.63) is 35.4 Å². The van der Waals surface area contributed by atoms with Crippen LogP contribution < -0.4 is 9.80 Å². The number of hydrogen-bond acceptors (Lipinski definition) is 0. The van der Waals surface area contributed by atoms with Crippen LogP contribution in [0.5, 0.6) is 0 Å². The summed E-state index contributed by atoms with van der Waals surface area (Å²) in [4.78, 5) is 3.04. The predicted octanol–water partition coefficient (Wildman–Crippen LogP) is 1.57. The van der Waals surface area contributed by atoms with Crippen molar-refractivity contribution in [2.75, 3.05) is 26.2 Å². The molecule has 0 saturated carbocycles. The Morgan fingerprint density at radius 1 is 1.04 bits per heavy atom. The highest BCUT2D eigenvalue weighted by Crippen LogP contribution is 2.31. The first-order chi connectivity index (χ1) is 11.4. The highest BCUT2D eigenvalue weighted by atomic mass is 19.4. The molecule has 2 aliphatic heterocycles. The minimum Gasteiger partial charge on any atom is -0.332 e. The van der Waals surface area contributed by atoms with Crippen molar-refractivity contribution >= 4 is 0 Å². The molecule has 1 unspecified atom stereocenters. The predicted molar refractivity (Wildman–Crippen MR) is 88.0 cm³/mol. The number of nitrogens with one attached hydrogen (secondary N) is 2. The third-order valence-corrected chi connectivity index (χ3v) is 5.84. The van der Waals surface area contributed by atoms with Gasteiger partial charge in [0.1, 0.15) is 6.54 Å². The fraction of sp³-hybridized carbons (Fsp3) is 0.684. The Balaban J connectivity index is 1.56. The van der Waals surface area contributed by atoms with E-state index in [0.717, 1.165) is 31.8 Å². The Morgan fingerprint density at radius 2 is 1.75 bits per heavy atom. The first kappa shape index (κ1) is 17.7. The minimum absolute atomic E-state index is 0.442. The van der Waals surface area contributed by atoms with Crippen molar-refractivity contribution in [1.29, 1.82) is 0 Å². The van der Waals surface area contributed by atoms with Crippen LogP contribution in [0.4, 0.5) is 13.2 Å². The van der Waals surface area contributed by atoms with Crippen molar-refractivity contribution in [2.45, 2.75) is 51.4 Å². The zero-order chi connectivity index (χ0) is 17.2. The summed E-state index contributed by atoms with van der Waals surface area (Å²) in [5.74, 6) is 0.817. The van der Waals surface area contributed by atoms with Gasteiger partial charge in [0.25, 0.3) is 0 Å². The lowest BCUT2D eigenvalue weighted by molar-refractivity contribution is -0.967. The molecule has 0 aliphatic carbocycles. The fourth-order valence-electron chi connectivity index (χ4n) is 4.53. The highest BCUT2D eigenvalue weighted by Gasteiger charge is 2.36. The van der Waals surface area contributed by atoms with Crippen LogP contribution in [0.15, 0.2) is 24.3 Å². The normalized spacial score (nSPS) is 31.8. The smallest absolute Gasteiger partial charge is 0.332 e. The second-order valence-corrected chi connectivity index (χ2v) is 7.72. The molecule has 0 radical (unpaired) electrons. The molecule has 1 aromatic carbocycles. The van der Waals surface area contributed by atoms with E-state index in [0.29, 0.717) is 18.2 Å². The van der Waals surface area contributed by atoms with Crippen molar-refractivity contribution in [3.8, 4) is 0 Å². The molecule has 2 atom stereocenters. The SMILES string of the molecule is C[C@@H]1CCC[NH+](C2CC[NH+](Cc3ccccc3C(F)(F)F)CC2)C1. The molecule has 0 bridgehead atoms. The lowest BCUT2D eigenvalue weighted by atomic mass is 9.95. The average molecular weight is 342 g/mol. The number of hydrogen-bond donors (Lipinski definition) is 2. The molecule has 0 amide bonds. The summed E-state index contributed by atoms with van der Waals surface area (Å²) in [7, 11) is 0. The van der Waals surface area contributed by atoms with E-state index in [4.69, 9.17) is 0 Å². The third-order valence-electron chi connectivity index (χ3n) is 5.84. The van der Waals surface area contributed by atoms with Crippen LogP contribution in [0.3, 0.4) is 0 Å². The van der Waals surface area contributed by atoms with Gasteiger partial charge in [0.15, 0.2) is 0 Å². The standard InChI is InChI=1S/C19H27F3N2/c1-15-5-4-10-24(13-15)17-8-11-23(12-9-17)14-16-6-2-3-7-18(16)19(20,21)22/h2-3,6-7,15,17H,4-5,8-14H2,1H3/p+2/t15-/m1/s1. The lowest BCUT2D eigenvalue weighted by Crippen LogP contribution is -3.21. The summed E-state index contributed by atoms with van der Waals surface area (Å²) >= 11 is 0. The molecule has 1 aromatic rings. The summed E-state index contributed by atoms with van der Waals surface area (Å²) in [6.45, 7) is 7.38. The topological polar surface area (TPSA) is 8.88 Å². The van der Waals surface area contributed by atoms with Crippen molar-refractivity contribution in [2.24, 2.45) is 5.92 Å². The van der Waals surface area contributed by atoms with Crippen LogP contribution >= 0.6 is 0 Å². The first-order valence-electron chi connectivity index (χ1n) is 9.26. The molecule has 24 heavy (non-hydrogen) atoms. The summed E-state index contributed by atoms with van der Waals surface area (Å²) in [6, 6.07) is 6.76. The molecule has 134 valence electrons. The quantitative estimate of drug-likeness (QED) is 0.825. The molecule has 0 aromatic heterocycles. The summed E-state index contributed by atoms with van der Waals surface area (Å²) in [6.07, 6.45) is 0.712. The van der Waals surface area contributed by atoms with Gasteiger partial charge >= 0.3 is 6.18 Å². The molecule has 2 N–H and O–H groups in total. The Labute approximate surface area is 142 Å². The first-order valence-corrected chi connectivity index (χ1v) is 9.26. The van der Waals surface area contributed by atoms with Crippen molar-refractivity contribution in [1.82, 2.24) is 0 Å². The van der Waals surface area contributed by atoms with Crippen molar-refractivity contribution < 1.29 is 23.0 Å². The molecule has 5 heteroatoms. The molecular formula is C19H29F3N2+2. The van der Waals surface area contributed by atoms with Crippen LogP contribution in [-0.2, 0) is 12.7 Å². The second-order valence-electron chi connectivity index (χ2n) is 7.72. The lowest BCUT2D eigenvalue weighted by Gasteiger charge is -2.38. The van der Waals surface area contributed by atoms with Crippen LogP contribution in [0, 0.1) is 5.92 Å². The number of alkyl halides is 3. The van der Waals surface area contributed by atoms with Gasteiger partial charge in [0.05, 0.1) is 37.8 Å². The summed E-state index contributed by atoms with van der Waals surface area (Å²) in [5.41, 5.74) is -0.0208. The van der Waals surface area contributed by atoms with Crippen LogP contribution in [0.25, 0.3) is 0 Å². The van der Waals surface area contributed by atoms with Gasteiger partial charge in [-0.1, -0.05) is 25.1 Å². The van der Waals surface area contributed by atoms with Gasteiger partial charge in [-0.3, -0.25) is 0 Å². The fourth-order valence-corrected chi connectivity index (χ4v) is 4.53. The molecular weight excluding hydrogens is 313 g/mol. The van der Waals surface area contributed by atoms with Crippen LogP contribution in [0.2, 0.25) is 0 Å². The van der Waals surface area contributed by atoms with Gasteiger partial charge < -0.3 is 9.80 Å². The number of rotatable bonds is 3. The minimum atomic E-state index is -4.25. The molecule has 2 fully saturated rings. The van der Waals surface area contributed by atoms with Gasteiger partial charge in [0.2, 0.25) is 0 Å². The van der Waals surface area contributed by atoms with Gasteiger partial charge in [-0.05, 0) is 18.9 Å². The van der Waals surface area contributed by atoms with E-state index in [9.17, 15) is 13.2 Å². The third kappa shape index (κ3) is 4.31. The number of benzene rings is 1. The average Bonchev–Trinajstić information content (AvgIpc) is 2.55. The number of quaternary nitrogens is 2. The van der Waals surface area contributed by atoms with E-state index in [1.165, 1.54) is 43.0 Å². The maximum Gasteiger partial charge on any atom is 0.416 e. The van der Waals surface area contributed by atoms with Gasteiger partial charge in [-0.25, -0.2) is 0 Å². The van der Waals surface area contributed by atoms with Crippen LogP contribution in [-0.4, -0.2) is 32.2 Å². The monoisotopic (exact) mass is 342 g/mol. The molecule has 2 saturated heterocycles. The maximum absolute atomic E-state index is 13.1. The Bertz CT molecular complexity index is 536. The Morgan fingerprint density at radius 3 is 2.42 bits per heavy atom. The van der Waals surface area contributed by atoms with E-state index in [1.807, 2.05) is 0 Å². The summed E-state index contributed by atoms with van der Waals surface area (Å²) < 4.78 is 39.4. The molecule has 0 spiro atoms. The zero-order valence-corrected chi connectivity index (χ0v) is 14.5. The Hall–Kier alpha value is -1.07. The molecule has 2 aliphatic rings. The van der Waals surface area contributed by atoms with Gasteiger partial charge in [0, 0.05) is 24.3 Å². The van der Waals surface area contributed by atoms with E-state index in [2.05, 4.69) is 6.92 Å². The van der Waals surface area contributed by atoms with Crippen LogP contribution in [0.1, 0.15) is 43.7 Å². The largest absolute Gasteiger partial charge is 0.416 e. The zero-order valence-electron chi connectivity index (χ0n) is 14.5. The van der Waals surface area contributed by atoms with Crippen molar-refractivity contribution in [3.63, 3.8) is 0 Å². The van der Waals surface area contributed by atoms with Gasteiger partial charge in [-0.15, -0.1) is 0 Å². The van der Waals surface area contributed by atoms with Gasteiger partial charge in [-0.2, -0.15) is 13.2 Å². The molecule has 3 rings (SSSR count).